The largest absolute Gasteiger partial charge is 0.497 e. The number of hydrogen-bond acceptors (Lipinski definition) is 13. The highest BCUT2D eigenvalue weighted by Gasteiger charge is 2.35. The second-order valence-electron chi connectivity index (χ2n) is 17.7. The maximum absolute atomic E-state index is 14.0. The minimum Gasteiger partial charge on any atom is -0.497 e. The number of amides is 5. The van der Waals surface area contributed by atoms with E-state index in [9.17, 15) is 24.0 Å². The number of hydrogen-bond donors (Lipinski definition) is 3. The molecule has 8 rings (SSSR count). The lowest BCUT2D eigenvalue weighted by molar-refractivity contribution is -0.128. The fourth-order valence-electron chi connectivity index (χ4n) is 8.60. The van der Waals surface area contributed by atoms with Gasteiger partial charge < -0.3 is 54.2 Å². The van der Waals surface area contributed by atoms with Gasteiger partial charge in [-0.2, -0.15) is 0 Å². The summed E-state index contributed by atoms with van der Waals surface area (Å²) in [5.41, 5.74) is 6.00. The number of alkyl carbamates (subject to hydrolysis) is 1. The number of ether oxygens (including phenoxy) is 6. The molecule has 3 N–H and O–H groups in total. The van der Waals surface area contributed by atoms with Crippen molar-refractivity contribution in [3.05, 3.63) is 120 Å². The molecule has 4 heterocycles. The summed E-state index contributed by atoms with van der Waals surface area (Å²) in [6, 6.07) is 19.2. The number of fused-ring (bicyclic) bond motifs is 4. The van der Waals surface area contributed by atoms with E-state index >= 15 is 0 Å². The Morgan fingerprint density at radius 1 is 0.694 bits per heavy atom. The first-order chi connectivity index (χ1) is 34.8. The van der Waals surface area contributed by atoms with Crippen LogP contribution in [0.25, 0.3) is 11.1 Å². The normalized spacial score (nSPS) is 17.2. The van der Waals surface area contributed by atoms with E-state index in [1.54, 1.807) is 86.5 Å². The Labute approximate surface area is 417 Å². The van der Waals surface area contributed by atoms with Gasteiger partial charge in [0.05, 0.1) is 69.1 Å². The Bertz CT molecular complexity index is 2870. The van der Waals surface area contributed by atoms with E-state index in [0.29, 0.717) is 70.4 Å². The van der Waals surface area contributed by atoms with Crippen LogP contribution in [0.15, 0.2) is 108 Å². The monoisotopic (exact) mass is 979 g/mol. The van der Waals surface area contributed by atoms with Crippen LogP contribution >= 0.6 is 0 Å². The molecule has 4 aromatic carbocycles. The zero-order valence-electron chi connectivity index (χ0n) is 40.9. The Morgan fingerprint density at radius 2 is 1.21 bits per heavy atom. The topological polar surface area (TPSA) is 208 Å². The van der Waals surface area contributed by atoms with E-state index in [4.69, 9.17) is 38.4 Å². The van der Waals surface area contributed by atoms with Crippen LogP contribution in [-0.2, 0) is 14.3 Å². The summed E-state index contributed by atoms with van der Waals surface area (Å²) in [5.74, 6) is 0.716. The molecule has 4 aliphatic heterocycles. The van der Waals surface area contributed by atoms with Crippen LogP contribution in [0.1, 0.15) is 71.9 Å². The van der Waals surface area contributed by atoms with Gasteiger partial charge in [-0.25, -0.2) is 4.79 Å². The fraction of sp³-hybridized carbons (Fsp3) is 0.315. The highest BCUT2D eigenvalue weighted by atomic mass is 16.5. The van der Waals surface area contributed by atoms with Crippen molar-refractivity contribution < 1.29 is 52.4 Å². The highest BCUT2D eigenvalue weighted by molar-refractivity contribution is 6.07. The fourth-order valence-corrected chi connectivity index (χ4v) is 8.60. The predicted octanol–water partition coefficient (Wildman–Crippen LogP) is 7.88. The molecule has 0 saturated heterocycles. The Hall–Kier alpha value is -8.41. The molecule has 4 atom stereocenters. The summed E-state index contributed by atoms with van der Waals surface area (Å²) in [6.07, 6.45) is 9.50. The number of anilines is 1. The van der Waals surface area contributed by atoms with Crippen LogP contribution in [0.3, 0.4) is 0 Å². The molecule has 0 fully saturated rings. The zero-order chi connectivity index (χ0) is 51.1. The molecule has 0 bridgehead atoms. The van der Waals surface area contributed by atoms with E-state index in [2.05, 4.69) is 22.5 Å². The third-order valence-electron chi connectivity index (χ3n) is 12.5. The molecular formula is C54H57N7O11. The van der Waals surface area contributed by atoms with Gasteiger partial charge in [0.1, 0.15) is 24.4 Å². The molecule has 374 valence electrons. The van der Waals surface area contributed by atoms with Crippen molar-refractivity contribution in [3.63, 3.8) is 0 Å². The SMILES string of the molecule is C=CCOC(=O)N[C@H](C(=O)N[C@@H](C)C(=O)Nc1ccc(C2=CN3C(=O)c4cc(OC)c(OCCCOc5cc6c(cc5OC)C(=O)N5C=C(c7ccc(OC)cc7)C[C@H]5C=N6)cc4N=C[C@@H]3C2)cc1)C(C)C. The molecule has 0 unspecified atom stereocenters. The summed E-state index contributed by atoms with van der Waals surface area (Å²) < 4.78 is 33.9. The van der Waals surface area contributed by atoms with Crippen molar-refractivity contribution in [1.29, 1.82) is 0 Å². The molecule has 5 amide bonds. The maximum Gasteiger partial charge on any atom is 0.408 e. The van der Waals surface area contributed by atoms with Crippen molar-refractivity contribution in [2.75, 3.05) is 46.5 Å². The van der Waals surface area contributed by atoms with Crippen LogP contribution in [0.5, 0.6) is 28.7 Å². The average Bonchev–Trinajstić information content (AvgIpc) is 3.97. The first kappa shape index (κ1) is 50.0. The number of benzene rings is 4. The summed E-state index contributed by atoms with van der Waals surface area (Å²) >= 11 is 0. The molecule has 4 aromatic rings. The predicted molar refractivity (Wildman–Crippen MR) is 272 cm³/mol. The molecule has 18 nitrogen and oxygen atoms in total. The van der Waals surface area contributed by atoms with Gasteiger partial charge >= 0.3 is 6.09 Å². The van der Waals surface area contributed by atoms with Gasteiger partial charge in [-0.3, -0.25) is 29.2 Å². The third kappa shape index (κ3) is 11.0. The number of aliphatic imine (C=N–C) groups is 2. The molecule has 0 radical (unpaired) electrons. The number of carbonyl (C=O) groups excluding carboxylic acids is 5. The summed E-state index contributed by atoms with van der Waals surface area (Å²) in [4.78, 5) is 78.8. The lowest BCUT2D eigenvalue weighted by atomic mass is 10.0. The van der Waals surface area contributed by atoms with Crippen molar-refractivity contribution in [2.45, 2.75) is 64.2 Å². The molecule has 18 heteroatoms. The van der Waals surface area contributed by atoms with Crippen LogP contribution in [0.4, 0.5) is 21.9 Å². The van der Waals surface area contributed by atoms with Gasteiger partial charge in [0, 0.05) is 61.9 Å². The van der Waals surface area contributed by atoms with E-state index in [1.165, 1.54) is 20.3 Å². The second kappa shape index (κ2) is 22.1. The number of rotatable bonds is 19. The molecular weight excluding hydrogens is 923 g/mol. The maximum atomic E-state index is 14.0. The minimum atomic E-state index is -0.918. The Morgan fingerprint density at radius 3 is 1.68 bits per heavy atom. The zero-order valence-corrected chi connectivity index (χ0v) is 40.9. The molecule has 0 spiro atoms. The van der Waals surface area contributed by atoms with Gasteiger partial charge in [-0.15, -0.1) is 0 Å². The van der Waals surface area contributed by atoms with Crippen molar-refractivity contribution in [1.82, 2.24) is 20.4 Å². The number of nitrogens with zero attached hydrogens (tertiary/aromatic N) is 4. The van der Waals surface area contributed by atoms with Crippen LogP contribution in [0, 0.1) is 5.92 Å². The van der Waals surface area contributed by atoms with Gasteiger partial charge in [0.15, 0.2) is 23.0 Å². The smallest absolute Gasteiger partial charge is 0.408 e. The minimum absolute atomic E-state index is 0.00543. The highest BCUT2D eigenvalue weighted by Crippen LogP contribution is 2.42. The van der Waals surface area contributed by atoms with Crippen molar-refractivity contribution in [3.8, 4) is 28.7 Å². The van der Waals surface area contributed by atoms with E-state index in [1.807, 2.05) is 48.8 Å². The average molecular weight is 980 g/mol. The van der Waals surface area contributed by atoms with Gasteiger partial charge in [0.2, 0.25) is 11.8 Å². The van der Waals surface area contributed by atoms with Crippen LogP contribution in [0.2, 0.25) is 0 Å². The van der Waals surface area contributed by atoms with Crippen molar-refractivity contribution >= 4 is 70.4 Å². The van der Waals surface area contributed by atoms with Crippen LogP contribution < -0.4 is 39.6 Å². The number of methoxy groups -OCH3 is 3. The number of nitrogens with one attached hydrogen (secondary N) is 3. The summed E-state index contributed by atoms with van der Waals surface area (Å²) in [7, 11) is 4.66. The van der Waals surface area contributed by atoms with E-state index in [-0.39, 0.29) is 49.6 Å². The first-order valence-electron chi connectivity index (χ1n) is 23.5. The van der Waals surface area contributed by atoms with Gasteiger partial charge in [-0.1, -0.05) is 50.8 Å². The molecule has 0 aliphatic carbocycles. The second-order valence-corrected chi connectivity index (χ2v) is 17.7. The van der Waals surface area contributed by atoms with E-state index in [0.717, 1.165) is 28.0 Å². The lowest BCUT2D eigenvalue weighted by Gasteiger charge is -2.23. The molecule has 0 saturated carbocycles. The quantitative estimate of drug-likeness (QED) is 0.0608. The third-order valence-corrected chi connectivity index (χ3v) is 12.5. The Kier molecular flexibility index (Phi) is 15.4. The van der Waals surface area contributed by atoms with Gasteiger partial charge in [-0.05, 0) is 71.5 Å². The molecule has 72 heavy (non-hydrogen) atoms. The van der Waals surface area contributed by atoms with Crippen molar-refractivity contribution in [2.24, 2.45) is 15.9 Å². The molecule has 4 aliphatic rings. The first-order valence-corrected chi connectivity index (χ1v) is 23.5. The Balaban J connectivity index is 0.844. The summed E-state index contributed by atoms with van der Waals surface area (Å²) in [6.45, 7) is 9.09. The van der Waals surface area contributed by atoms with Gasteiger partial charge in [0.25, 0.3) is 11.8 Å². The lowest BCUT2D eigenvalue weighted by Crippen LogP contribution is -2.53. The molecule has 0 aromatic heterocycles. The van der Waals surface area contributed by atoms with E-state index < -0.39 is 30.0 Å². The summed E-state index contributed by atoms with van der Waals surface area (Å²) in [5, 5.41) is 8.00. The standard InChI is InChI=1S/C54H57N7O11/c1-8-18-72-54(66)59-49(31(2)3)51(63)57-32(4)50(62)58-37-14-10-33(11-15-37)35-21-38-27-55-43-25-47(45(68-6)23-41(43)52(64)60(38)29-35)70-19-9-20-71-48-26-44-42(24-46(48)69-7)53(65)61-30-36(22-39(61)28-56-44)34-12-16-40(67-5)17-13-34/h8,10-17,23-32,38-39,49H,1,9,18-22H2,2-7H3,(H,57,63)(H,58,62)(H,59,66)/t32-,38-,39-,49-/m0/s1. The number of carbonyl (C=O) groups is 5. The van der Waals surface area contributed by atoms with Crippen LogP contribution in [-0.4, -0.2) is 117 Å².